The summed E-state index contributed by atoms with van der Waals surface area (Å²) < 4.78 is 0. The zero-order valence-electron chi connectivity index (χ0n) is 11.2. The number of hydrogen-bond donors (Lipinski definition) is 1. The summed E-state index contributed by atoms with van der Waals surface area (Å²) >= 11 is 0. The van der Waals surface area contributed by atoms with Gasteiger partial charge in [0.1, 0.15) is 0 Å². The number of aromatic nitrogens is 1. The van der Waals surface area contributed by atoms with Gasteiger partial charge in [-0.05, 0) is 19.1 Å². The lowest BCUT2D eigenvalue weighted by Gasteiger charge is -2.34. The number of piperazine rings is 1. The van der Waals surface area contributed by atoms with E-state index in [-0.39, 0.29) is 10.6 Å². The molecule has 0 spiro atoms. The normalized spacial score (nSPS) is 19.2. The van der Waals surface area contributed by atoms with Crippen LogP contribution in [-0.2, 0) is 0 Å². The predicted molar refractivity (Wildman–Crippen MR) is 78.1 cm³/mol. The summed E-state index contributed by atoms with van der Waals surface area (Å²) in [7, 11) is 0. The number of nitro benzene ring substituents is 1. The number of benzene rings is 1. The minimum absolute atomic E-state index is 0.111. The Morgan fingerprint density at radius 1 is 1.40 bits per heavy atom. The summed E-state index contributed by atoms with van der Waals surface area (Å²) in [6.07, 6.45) is 3.25. The molecule has 20 heavy (non-hydrogen) atoms. The van der Waals surface area contributed by atoms with Gasteiger partial charge < -0.3 is 10.2 Å². The molecule has 0 aliphatic carbocycles. The molecule has 3 rings (SSSR count). The number of nitrogens with one attached hydrogen (secondary N) is 1. The van der Waals surface area contributed by atoms with E-state index in [1.54, 1.807) is 18.5 Å². The van der Waals surface area contributed by atoms with Crippen LogP contribution in [0.1, 0.15) is 6.92 Å². The minimum Gasteiger partial charge on any atom is -0.368 e. The van der Waals surface area contributed by atoms with Gasteiger partial charge in [0.15, 0.2) is 0 Å². The quantitative estimate of drug-likeness (QED) is 0.668. The monoisotopic (exact) mass is 272 g/mol. The van der Waals surface area contributed by atoms with Gasteiger partial charge >= 0.3 is 0 Å². The third-order valence-corrected chi connectivity index (χ3v) is 3.68. The molecule has 0 saturated carbocycles. The Labute approximate surface area is 116 Å². The van der Waals surface area contributed by atoms with Gasteiger partial charge in [0.05, 0.1) is 10.3 Å². The Morgan fingerprint density at radius 2 is 2.25 bits per heavy atom. The lowest BCUT2D eigenvalue weighted by Crippen LogP contribution is -2.49. The van der Waals surface area contributed by atoms with E-state index < -0.39 is 0 Å². The molecule has 1 aromatic heterocycles. The fourth-order valence-corrected chi connectivity index (χ4v) is 2.75. The first kappa shape index (κ1) is 12.8. The maximum atomic E-state index is 11.1. The number of nitro groups is 1. The number of anilines is 1. The minimum atomic E-state index is -0.353. The summed E-state index contributed by atoms with van der Waals surface area (Å²) in [6.45, 7) is 4.86. The van der Waals surface area contributed by atoms with Crippen molar-refractivity contribution in [2.45, 2.75) is 13.0 Å². The number of pyridine rings is 1. The second-order valence-electron chi connectivity index (χ2n) is 5.08. The third kappa shape index (κ3) is 2.18. The van der Waals surface area contributed by atoms with Crippen LogP contribution in [0.5, 0.6) is 0 Å². The summed E-state index contributed by atoms with van der Waals surface area (Å²) in [5.41, 5.74) is 1.15. The van der Waals surface area contributed by atoms with Crippen molar-refractivity contribution in [1.29, 1.82) is 0 Å². The average Bonchev–Trinajstić information content (AvgIpc) is 2.46. The largest absolute Gasteiger partial charge is 0.368 e. The van der Waals surface area contributed by atoms with Crippen molar-refractivity contribution in [2.24, 2.45) is 0 Å². The predicted octanol–water partition coefficient (Wildman–Crippen LogP) is 1.94. The molecule has 0 bridgehead atoms. The molecule has 2 heterocycles. The van der Waals surface area contributed by atoms with E-state index in [0.29, 0.717) is 11.4 Å². The highest BCUT2D eigenvalue weighted by Gasteiger charge is 2.21. The number of hydrogen-bond acceptors (Lipinski definition) is 5. The molecule has 1 N–H and O–H groups in total. The van der Waals surface area contributed by atoms with Crippen LogP contribution in [0, 0.1) is 10.1 Å². The molecule has 0 radical (unpaired) electrons. The Bertz CT molecular complexity index is 659. The summed E-state index contributed by atoms with van der Waals surface area (Å²) in [6, 6.07) is 5.69. The van der Waals surface area contributed by atoms with Crippen molar-refractivity contribution < 1.29 is 4.92 Å². The van der Waals surface area contributed by atoms with Crippen molar-refractivity contribution in [3.8, 4) is 0 Å². The van der Waals surface area contributed by atoms with Crippen LogP contribution >= 0.6 is 0 Å². The van der Waals surface area contributed by atoms with Crippen LogP contribution in [0.3, 0.4) is 0 Å². The van der Waals surface area contributed by atoms with Gasteiger partial charge in [-0.3, -0.25) is 15.1 Å². The number of nitrogens with zero attached hydrogens (tertiary/aromatic N) is 3. The maximum Gasteiger partial charge on any atom is 0.278 e. The van der Waals surface area contributed by atoms with Crippen LogP contribution in [0.25, 0.3) is 10.8 Å². The van der Waals surface area contributed by atoms with E-state index in [9.17, 15) is 10.1 Å². The van der Waals surface area contributed by atoms with Gasteiger partial charge in [-0.25, -0.2) is 0 Å². The second-order valence-corrected chi connectivity index (χ2v) is 5.08. The Hall–Kier alpha value is -2.21. The highest BCUT2D eigenvalue weighted by atomic mass is 16.6. The zero-order chi connectivity index (χ0) is 14.1. The lowest BCUT2D eigenvalue weighted by molar-refractivity contribution is -0.383. The van der Waals surface area contributed by atoms with Crippen LogP contribution in [-0.4, -0.2) is 35.6 Å². The first-order valence-electron chi connectivity index (χ1n) is 6.66. The lowest BCUT2D eigenvalue weighted by atomic mass is 10.1. The molecule has 6 heteroatoms. The highest BCUT2D eigenvalue weighted by molar-refractivity contribution is 5.99. The molecule has 1 aliphatic rings. The zero-order valence-corrected chi connectivity index (χ0v) is 11.2. The molecular formula is C14H16N4O2. The van der Waals surface area contributed by atoms with Crippen molar-refractivity contribution >= 4 is 22.1 Å². The van der Waals surface area contributed by atoms with E-state index in [4.69, 9.17) is 0 Å². The second kappa shape index (κ2) is 5.05. The molecule has 0 amide bonds. The topological polar surface area (TPSA) is 71.3 Å². The molecule has 1 fully saturated rings. The summed E-state index contributed by atoms with van der Waals surface area (Å²) in [4.78, 5) is 17.0. The van der Waals surface area contributed by atoms with Gasteiger partial charge in [0.2, 0.25) is 0 Å². The smallest absolute Gasteiger partial charge is 0.278 e. The van der Waals surface area contributed by atoms with Crippen molar-refractivity contribution in [1.82, 2.24) is 10.3 Å². The van der Waals surface area contributed by atoms with Crippen molar-refractivity contribution in [2.75, 3.05) is 24.5 Å². The van der Waals surface area contributed by atoms with Crippen LogP contribution in [0.4, 0.5) is 11.4 Å². The number of non-ortho nitro benzene ring substituents is 1. The molecule has 6 nitrogen and oxygen atoms in total. The van der Waals surface area contributed by atoms with Gasteiger partial charge in [0.25, 0.3) is 5.69 Å². The Morgan fingerprint density at radius 3 is 3.00 bits per heavy atom. The maximum absolute atomic E-state index is 11.1. The van der Waals surface area contributed by atoms with E-state index in [2.05, 4.69) is 22.1 Å². The average molecular weight is 272 g/mol. The molecule has 2 aromatic rings. The number of fused-ring (bicyclic) bond motifs is 1. The van der Waals surface area contributed by atoms with E-state index in [0.717, 1.165) is 30.7 Å². The SMILES string of the molecule is C[C@@H]1CN(c2ccc([N+](=O)[O-])c3cnccc23)CCN1. The highest BCUT2D eigenvalue weighted by Crippen LogP contribution is 2.33. The van der Waals surface area contributed by atoms with Gasteiger partial charge in [-0.1, -0.05) is 0 Å². The Kier molecular flexibility index (Phi) is 3.23. The molecule has 1 aliphatic heterocycles. The van der Waals surface area contributed by atoms with Crippen LogP contribution < -0.4 is 10.2 Å². The standard InChI is InChI=1S/C14H16N4O2/c1-10-9-17(7-6-16-10)13-2-3-14(18(19)20)12-8-15-5-4-11(12)13/h2-5,8,10,16H,6-7,9H2,1H3/t10-/m1/s1. The van der Waals surface area contributed by atoms with Gasteiger partial charge in [-0.15, -0.1) is 0 Å². The molecule has 1 aromatic carbocycles. The van der Waals surface area contributed by atoms with E-state index >= 15 is 0 Å². The fraction of sp³-hybridized carbons (Fsp3) is 0.357. The van der Waals surface area contributed by atoms with E-state index in [1.165, 1.54) is 0 Å². The molecular weight excluding hydrogens is 256 g/mol. The van der Waals surface area contributed by atoms with Crippen LogP contribution in [0.15, 0.2) is 30.6 Å². The van der Waals surface area contributed by atoms with Crippen LogP contribution in [0.2, 0.25) is 0 Å². The molecule has 0 unspecified atom stereocenters. The molecule has 1 saturated heterocycles. The fourth-order valence-electron chi connectivity index (χ4n) is 2.75. The first-order valence-corrected chi connectivity index (χ1v) is 6.66. The van der Waals surface area contributed by atoms with Gasteiger partial charge in [0, 0.05) is 55.2 Å². The van der Waals surface area contributed by atoms with Gasteiger partial charge in [-0.2, -0.15) is 0 Å². The molecule has 1 atom stereocenters. The van der Waals surface area contributed by atoms with Crippen molar-refractivity contribution in [3.63, 3.8) is 0 Å². The third-order valence-electron chi connectivity index (χ3n) is 3.68. The first-order chi connectivity index (χ1) is 9.66. The summed E-state index contributed by atoms with van der Waals surface area (Å²) in [5, 5.41) is 16.0. The van der Waals surface area contributed by atoms with Crippen molar-refractivity contribution in [3.05, 3.63) is 40.7 Å². The number of rotatable bonds is 2. The molecule has 104 valence electrons. The Balaban J connectivity index is 2.12. The van der Waals surface area contributed by atoms with E-state index in [1.807, 2.05) is 12.1 Å². The summed E-state index contributed by atoms with van der Waals surface area (Å²) in [5.74, 6) is 0.